The van der Waals surface area contributed by atoms with Crippen molar-refractivity contribution in [2.24, 2.45) is 0 Å². The summed E-state index contributed by atoms with van der Waals surface area (Å²) in [7, 11) is 1.28. The van der Waals surface area contributed by atoms with E-state index >= 15 is 0 Å². The number of carbonyl (C=O) groups excluding carboxylic acids is 1. The summed E-state index contributed by atoms with van der Waals surface area (Å²) < 4.78 is 51.5. The SMILES string of the molecule is COC(=O)C1(Oc2cc(C)ccc2C2(C(F)(F)F)CC2)CCCC1. The second-order valence-corrected chi connectivity index (χ2v) is 6.87. The maximum Gasteiger partial charge on any atom is 0.398 e. The molecule has 1 aromatic carbocycles. The summed E-state index contributed by atoms with van der Waals surface area (Å²) in [5, 5.41) is 0. The molecule has 0 unspecified atom stereocenters. The van der Waals surface area contributed by atoms with Gasteiger partial charge in [0.05, 0.1) is 12.5 Å². The average molecular weight is 342 g/mol. The largest absolute Gasteiger partial charge is 0.475 e. The summed E-state index contributed by atoms with van der Waals surface area (Å²) in [6.07, 6.45) is -1.70. The van der Waals surface area contributed by atoms with Crippen LogP contribution in [0.25, 0.3) is 0 Å². The van der Waals surface area contributed by atoms with Crippen LogP contribution in [0.4, 0.5) is 13.2 Å². The number of alkyl halides is 3. The molecule has 0 atom stereocenters. The highest BCUT2D eigenvalue weighted by molar-refractivity contribution is 5.80. The van der Waals surface area contributed by atoms with Crippen LogP contribution in [0.3, 0.4) is 0 Å². The molecule has 2 aliphatic rings. The van der Waals surface area contributed by atoms with Gasteiger partial charge in [-0.05, 0) is 57.1 Å². The maximum atomic E-state index is 13.5. The zero-order valence-electron chi connectivity index (χ0n) is 13.8. The Bertz CT molecular complexity index is 641. The molecule has 0 spiro atoms. The van der Waals surface area contributed by atoms with Gasteiger partial charge >= 0.3 is 12.1 Å². The van der Waals surface area contributed by atoms with Crippen molar-refractivity contribution < 1.29 is 27.4 Å². The molecule has 0 N–H and O–H groups in total. The van der Waals surface area contributed by atoms with Gasteiger partial charge in [0, 0.05) is 5.56 Å². The Morgan fingerprint density at radius 3 is 2.25 bits per heavy atom. The molecule has 24 heavy (non-hydrogen) atoms. The van der Waals surface area contributed by atoms with Gasteiger partial charge in [-0.2, -0.15) is 13.2 Å². The van der Waals surface area contributed by atoms with E-state index in [0.717, 1.165) is 18.4 Å². The Balaban J connectivity index is 2.02. The van der Waals surface area contributed by atoms with Crippen molar-refractivity contribution in [1.82, 2.24) is 0 Å². The first-order chi connectivity index (χ1) is 11.2. The van der Waals surface area contributed by atoms with E-state index in [1.807, 2.05) is 0 Å². The molecule has 0 aromatic heterocycles. The van der Waals surface area contributed by atoms with E-state index in [0.29, 0.717) is 12.8 Å². The van der Waals surface area contributed by atoms with E-state index in [4.69, 9.17) is 9.47 Å². The molecule has 0 heterocycles. The topological polar surface area (TPSA) is 35.5 Å². The highest BCUT2D eigenvalue weighted by atomic mass is 19.4. The highest BCUT2D eigenvalue weighted by Gasteiger charge is 2.65. The lowest BCUT2D eigenvalue weighted by atomic mass is 9.92. The average Bonchev–Trinajstić information content (AvgIpc) is 3.20. The van der Waals surface area contributed by atoms with E-state index in [-0.39, 0.29) is 24.2 Å². The Morgan fingerprint density at radius 2 is 1.75 bits per heavy atom. The van der Waals surface area contributed by atoms with Crippen LogP contribution < -0.4 is 4.74 Å². The van der Waals surface area contributed by atoms with E-state index in [1.54, 1.807) is 19.1 Å². The van der Waals surface area contributed by atoms with Gasteiger partial charge < -0.3 is 9.47 Å². The number of methoxy groups -OCH3 is 1. The van der Waals surface area contributed by atoms with E-state index in [1.165, 1.54) is 13.2 Å². The standard InChI is InChI=1S/C18H21F3O3/c1-12-5-6-13(16(9-10-16)18(19,20)21)14(11-12)24-17(15(22)23-2)7-3-4-8-17/h5-6,11H,3-4,7-10H2,1-2H3. The number of esters is 1. The summed E-state index contributed by atoms with van der Waals surface area (Å²) in [6, 6.07) is 4.75. The van der Waals surface area contributed by atoms with Crippen molar-refractivity contribution in [3.05, 3.63) is 29.3 Å². The molecule has 0 saturated heterocycles. The smallest absolute Gasteiger partial charge is 0.398 e. The zero-order chi connectivity index (χ0) is 17.6. The van der Waals surface area contributed by atoms with Crippen LogP contribution in [0, 0.1) is 6.92 Å². The minimum Gasteiger partial charge on any atom is -0.475 e. The molecule has 6 heteroatoms. The molecule has 2 saturated carbocycles. The van der Waals surface area contributed by atoms with E-state index < -0.39 is 23.2 Å². The van der Waals surface area contributed by atoms with Gasteiger partial charge in [0.2, 0.25) is 5.60 Å². The van der Waals surface area contributed by atoms with Gasteiger partial charge in [-0.3, -0.25) is 0 Å². The van der Waals surface area contributed by atoms with Gasteiger partial charge in [0.15, 0.2) is 0 Å². The van der Waals surface area contributed by atoms with Crippen molar-refractivity contribution in [2.75, 3.05) is 7.11 Å². The van der Waals surface area contributed by atoms with Crippen molar-refractivity contribution in [2.45, 2.75) is 62.6 Å². The third-order valence-corrected chi connectivity index (χ3v) is 5.22. The first-order valence-corrected chi connectivity index (χ1v) is 8.19. The lowest BCUT2D eigenvalue weighted by molar-refractivity contribution is -0.162. The fourth-order valence-corrected chi connectivity index (χ4v) is 3.63. The van der Waals surface area contributed by atoms with E-state index in [2.05, 4.69) is 0 Å². The van der Waals surface area contributed by atoms with Crippen LogP contribution in [-0.4, -0.2) is 24.9 Å². The predicted molar refractivity (Wildman–Crippen MR) is 82.0 cm³/mol. The summed E-state index contributed by atoms with van der Waals surface area (Å²) in [5.41, 5.74) is -2.08. The molecule has 2 aliphatic carbocycles. The van der Waals surface area contributed by atoms with Crippen LogP contribution in [0.2, 0.25) is 0 Å². The van der Waals surface area contributed by atoms with Crippen LogP contribution in [0.15, 0.2) is 18.2 Å². The molecule has 132 valence electrons. The number of carbonyl (C=O) groups is 1. The maximum absolute atomic E-state index is 13.5. The second-order valence-electron chi connectivity index (χ2n) is 6.87. The van der Waals surface area contributed by atoms with Crippen molar-refractivity contribution in [1.29, 1.82) is 0 Å². The fraction of sp³-hybridized carbons (Fsp3) is 0.611. The number of rotatable bonds is 4. The number of halogens is 3. The Labute approximate surface area is 139 Å². The predicted octanol–water partition coefficient (Wildman–Crippen LogP) is 4.45. The first kappa shape index (κ1) is 17.1. The van der Waals surface area contributed by atoms with Gasteiger partial charge in [-0.1, -0.05) is 12.1 Å². The lowest BCUT2D eigenvalue weighted by Gasteiger charge is -2.30. The molecule has 0 radical (unpaired) electrons. The van der Waals surface area contributed by atoms with Crippen molar-refractivity contribution in [3.63, 3.8) is 0 Å². The van der Waals surface area contributed by atoms with Crippen LogP contribution in [0.1, 0.15) is 49.7 Å². The Kier molecular flexibility index (Phi) is 4.04. The van der Waals surface area contributed by atoms with Gasteiger partial charge in [0.1, 0.15) is 5.75 Å². The molecular formula is C18H21F3O3. The van der Waals surface area contributed by atoms with Gasteiger partial charge in [0.25, 0.3) is 0 Å². The van der Waals surface area contributed by atoms with E-state index in [9.17, 15) is 18.0 Å². The highest BCUT2D eigenvalue weighted by Crippen LogP contribution is 2.61. The Morgan fingerprint density at radius 1 is 1.12 bits per heavy atom. The van der Waals surface area contributed by atoms with Crippen molar-refractivity contribution in [3.8, 4) is 5.75 Å². The first-order valence-electron chi connectivity index (χ1n) is 8.19. The molecule has 2 fully saturated rings. The summed E-state index contributed by atoms with van der Waals surface area (Å²) >= 11 is 0. The molecule has 3 rings (SSSR count). The summed E-state index contributed by atoms with van der Waals surface area (Å²) in [5.74, 6) is -0.346. The molecular weight excluding hydrogens is 321 g/mol. The van der Waals surface area contributed by atoms with Gasteiger partial charge in [-0.15, -0.1) is 0 Å². The Hall–Kier alpha value is -1.72. The molecule has 0 bridgehead atoms. The molecule has 0 amide bonds. The number of hydrogen-bond acceptors (Lipinski definition) is 3. The summed E-state index contributed by atoms with van der Waals surface area (Å²) in [4.78, 5) is 12.2. The number of aryl methyl sites for hydroxylation is 1. The number of hydrogen-bond donors (Lipinski definition) is 0. The monoisotopic (exact) mass is 342 g/mol. The van der Waals surface area contributed by atoms with Crippen molar-refractivity contribution >= 4 is 5.97 Å². The third-order valence-electron chi connectivity index (χ3n) is 5.22. The van der Waals surface area contributed by atoms with Crippen LogP contribution in [0.5, 0.6) is 5.75 Å². The normalized spacial score (nSPS) is 21.4. The minimum absolute atomic E-state index is 0.0567. The molecule has 3 nitrogen and oxygen atoms in total. The lowest BCUT2D eigenvalue weighted by Crippen LogP contribution is -2.43. The minimum atomic E-state index is -4.32. The third kappa shape index (κ3) is 2.66. The summed E-state index contributed by atoms with van der Waals surface area (Å²) in [6.45, 7) is 1.79. The number of benzene rings is 1. The quantitative estimate of drug-likeness (QED) is 0.758. The van der Waals surface area contributed by atoms with Crippen LogP contribution >= 0.6 is 0 Å². The number of ether oxygens (including phenoxy) is 2. The zero-order valence-corrected chi connectivity index (χ0v) is 13.8. The van der Waals surface area contributed by atoms with Gasteiger partial charge in [-0.25, -0.2) is 4.79 Å². The second kappa shape index (κ2) is 5.67. The fourth-order valence-electron chi connectivity index (χ4n) is 3.63. The van der Waals surface area contributed by atoms with Crippen LogP contribution in [-0.2, 0) is 14.9 Å². The molecule has 1 aromatic rings. The molecule has 0 aliphatic heterocycles.